The lowest BCUT2D eigenvalue weighted by molar-refractivity contribution is 0.249. The molecule has 0 aliphatic carbocycles. The Kier molecular flexibility index (Phi) is 8.03. The molecule has 0 saturated carbocycles. The maximum atomic E-state index is 14.8. The Bertz CT molecular complexity index is 1100. The van der Waals surface area contributed by atoms with Gasteiger partial charge in [-0.2, -0.15) is 4.98 Å². The molecule has 0 aromatic carbocycles. The van der Waals surface area contributed by atoms with Crippen LogP contribution in [-0.4, -0.2) is 78.9 Å². The number of piperidine rings is 1. The van der Waals surface area contributed by atoms with Crippen LogP contribution in [0.15, 0.2) is 40.8 Å². The van der Waals surface area contributed by atoms with Crippen molar-refractivity contribution in [2.45, 2.75) is 39.2 Å². The van der Waals surface area contributed by atoms with Crippen molar-refractivity contribution in [2.75, 3.05) is 62.4 Å². The number of nitrogens with zero attached hydrogens (tertiary/aromatic N) is 7. The fourth-order valence-electron chi connectivity index (χ4n) is 4.99. The lowest BCUT2D eigenvalue weighted by atomic mass is 9.94. The molecule has 10 heteroatoms. The molecule has 9 nitrogen and oxygen atoms in total. The van der Waals surface area contributed by atoms with E-state index in [1.807, 2.05) is 17.2 Å². The number of halogens is 1. The van der Waals surface area contributed by atoms with Crippen molar-refractivity contribution in [2.24, 2.45) is 16.6 Å². The Balaban J connectivity index is 1.45. The van der Waals surface area contributed by atoms with E-state index in [4.69, 9.17) is 5.73 Å². The van der Waals surface area contributed by atoms with E-state index in [1.165, 1.54) is 6.20 Å². The molecule has 2 aliphatic heterocycles. The molecule has 0 amide bonds. The number of aliphatic imine (C=N–C) groups is 1. The highest BCUT2D eigenvalue weighted by atomic mass is 19.1. The fraction of sp³-hybridized carbons (Fsp3) is 0.538. The molecule has 0 bridgehead atoms. The number of hydrogen-bond donors (Lipinski definition) is 2. The van der Waals surface area contributed by atoms with E-state index in [2.05, 4.69) is 69.1 Å². The van der Waals surface area contributed by atoms with E-state index in [-0.39, 0.29) is 11.7 Å². The van der Waals surface area contributed by atoms with Crippen LogP contribution in [0, 0.1) is 11.7 Å². The van der Waals surface area contributed by atoms with Gasteiger partial charge in [-0.05, 0) is 45.0 Å². The van der Waals surface area contributed by atoms with E-state index >= 15 is 0 Å². The minimum atomic E-state index is -0.468. The lowest BCUT2D eigenvalue weighted by Crippen LogP contribution is -2.42. The van der Waals surface area contributed by atoms with Crippen molar-refractivity contribution in [3.8, 4) is 0 Å². The summed E-state index contributed by atoms with van der Waals surface area (Å²) in [4.78, 5) is 24.2. The maximum Gasteiger partial charge on any atom is 0.230 e. The summed E-state index contributed by atoms with van der Waals surface area (Å²) in [5.74, 6) is 0.921. The molecular weight excluding hydrogens is 457 g/mol. The second-order valence-corrected chi connectivity index (χ2v) is 10.0. The van der Waals surface area contributed by atoms with Crippen LogP contribution in [-0.2, 0) is 0 Å². The molecule has 2 aromatic rings. The van der Waals surface area contributed by atoms with Gasteiger partial charge in [-0.15, -0.1) is 0 Å². The molecule has 2 aromatic heterocycles. The number of aromatic nitrogens is 3. The Morgan fingerprint density at radius 1 is 1.14 bits per heavy atom. The average Bonchev–Trinajstić information content (AvgIpc) is 2.87. The number of nitrogens with two attached hydrogens (primary N) is 1. The summed E-state index contributed by atoms with van der Waals surface area (Å²) in [5, 5.41) is 3.12. The second kappa shape index (κ2) is 11.2. The lowest BCUT2D eigenvalue weighted by Gasteiger charge is -2.36. The summed E-state index contributed by atoms with van der Waals surface area (Å²) >= 11 is 0. The highest BCUT2D eigenvalue weighted by molar-refractivity contribution is 6.03. The van der Waals surface area contributed by atoms with Crippen LogP contribution in [0.2, 0.25) is 0 Å². The number of rotatable bonds is 7. The van der Waals surface area contributed by atoms with Crippen molar-refractivity contribution in [1.82, 2.24) is 19.9 Å². The van der Waals surface area contributed by atoms with Crippen molar-refractivity contribution in [1.29, 1.82) is 0 Å². The van der Waals surface area contributed by atoms with E-state index in [0.29, 0.717) is 37.3 Å². The second-order valence-electron chi connectivity index (χ2n) is 10.0. The number of hydrogen-bond acceptors (Lipinski definition) is 9. The van der Waals surface area contributed by atoms with E-state index < -0.39 is 5.82 Å². The van der Waals surface area contributed by atoms with Gasteiger partial charge in [0.2, 0.25) is 5.95 Å². The molecule has 2 aliphatic rings. The molecule has 0 spiro atoms. The van der Waals surface area contributed by atoms with Gasteiger partial charge >= 0.3 is 0 Å². The van der Waals surface area contributed by atoms with Gasteiger partial charge in [0.25, 0.3) is 0 Å². The van der Waals surface area contributed by atoms with Crippen molar-refractivity contribution >= 4 is 29.0 Å². The van der Waals surface area contributed by atoms with Gasteiger partial charge in [-0.25, -0.2) is 14.4 Å². The molecule has 0 radical (unpaired) electrons. The van der Waals surface area contributed by atoms with Crippen molar-refractivity contribution in [3.63, 3.8) is 0 Å². The number of anilines is 4. The minimum Gasteiger partial charge on any atom is -0.402 e. The van der Waals surface area contributed by atoms with Gasteiger partial charge in [0, 0.05) is 62.7 Å². The third-order valence-corrected chi connectivity index (χ3v) is 7.06. The van der Waals surface area contributed by atoms with Crippen molar-refractivity contribution < 1.29 is 4.39 Å². The molecule has 36 heavy (non-hydrogen) atoms. The highest BCUT2D eigenvalue weighted by Gasteiger charge is 2.26. The van der Waals surface area contributed by atoms with Crippen LogP contribution in [0.4, 0.5) is 27.7 Å². The van der Waals surface area contributed by atoms with Crippen molar-refractivity contribution in [3.05, 3.63) is 41.6 Å². The van der Waals surface area contributed by atoms with Crippen LogP contribution in [0.1, 0.15) is 33.1 Å². The normalized spacial score (nSPS) is 17.9. The fourth-order valence-corrected chi connectivity index (χ4v) is 4.99. The molecule has 194 valence electrons. The first-order chi connectivity index (χ1) is 17.3. The maximum absolute atomic E-state index is 14.8. The summed E-state index contributed by atoms with van der Waals surface area (Å²) in [7, 11) is 6.06. The third kappa shape index (κ3) is 5.75. The predicted octanol–water partition coefficient (Wildman–Crippen LogP) is 3.43. The van der Waals surface area contributed by atoms with Crippen LogP contribution in [0.5, 0.6) is 0 Å². The van der Waals surface area contributed by atoms with Crippen LogP contribution in [0.3, 0.4) is 0 Å². The summed E-state index contributed by atoms with van der Waals surface area (Å²) in [6, 6.07) is 4.60. The Morgan fingerprint density at radius 3 is 2.50 bits per heavy atom. The van der Waals surface area contributed by atoms with Crippen LogP contribution in [0.25, 0.3) is 0 Å². The summed E-state index contributed by atoms with van der Waals surface area (Å²) in [5.41, 5.74) is 10.1. The zero-order valence-electron chi connectivity index (χ0n) is 22.0. The van der Waals surface area contributed by atoms with E-state index in [0.717, 1.165) is 48.6 Å². The molecule has 3 N–H and O–H groups in total. The largest absolute Gasteiger partial charge is 0.402 e. The quantitative estimate of drug-likeness (QED) is 0.564. The summed E-state index contributed by atoms with van der Waals surface area (Å²) in [6.07, 6.45) is 5.97. The number of pyridine rings is 1. The average molecular weight is 496 g/mol. The van der Waals surface area contributed by atoms with Gasteiger partial charge in [-0.1, -0.05) is 13.8 Å². The smallest absolute Gasteiger partial charge is 0.230 e. The molecule has 4 rings (SSSR count). The first-order valence-corrected chi connectivity index (χ1v) is 12.6. The van der Waals surface area contributed by atoms with Gasteiger partial charge in [-0.3, -0.25) is 4.99 Å². The number of nitrogens with one attached hydrogen (secondary N) is 1. The minimum absolute atomic E-state index is 0.226. The molecule has 0 unspecified atom stereocenters. The Morgan fingerprint density at radius 2 is 1.89 bits per heavy atom. The zero-order chi connectivity index (χ0) is 25.8. The van der Waals surface area contributed by atoms with Crippen LogP contribution < -0.4 is 20.9 Å². The monoisotopic (exact) mass is 495 g/mol. The Labute approximate surface area is 213 Å². The standard InChI is InChI=1S/C26H38FN9/c1-17(2)24(29-3)20-16-36(13-10-22(20)28)25-21(27)15-31-26(33-25)32-23-7-6-19(14-30-23)35-11-8-18(9-12-35)34(4)5/h6-7,14-15,17-18H,8-13,16,28H2,1-5H3,(H,30,31,32,33). The Hall–Kier alpha value is -3.27. The summed E-state index contributed by atoms with van der Waals surface area (Å²) < 4.78 is 14.8. The topological polar surface area (TPSA) is 98.8 Å². The van der Waals surface area contributed by atoms with Gasteiger partial charge in [0.1, 0.15) is 5.82 Å². The molecule has 4 heterocycles. The first kappa shape index (κ1) is 25.8. The van der Waals surface area contributed by atoms with Gasteiger partial charge < -0.3 is 25.8 Å². The summed E-state index contributed by atoms with van der Waals surface area (Å²) in [6.45, 7) is 7.23. The first-order valence-electron chi connectivity index (χ1n) is 12.6. The molecular formula is C26H38FN9. The SMILES string of the molecule is CN=C(C1=C(N)CCN(c2nc(Nc3ccc(N4CCC(N(C)C)CC4)cn3)ncc2F)C1)C(C)C. The predicted molar refractivity (Wildman–Crippen MR) is 145 cm³/mol. The van der Waals surface area contributed by atoms with Gasteiger partial charge in [0.05, 0.1) is 18.1 Å². The van der Waals surface area contributed by atoms with Crippen LogP contribution >= 0.6 is 0 Å². The molecule has 0 atom stereocenters. The van der Waals surface area contributed by atoms with Gasteiger partial charge in [0.15, 0.2) is 11.6 Å². The molecule has 1 fully saturated rings. The van der Waals surface area contributed by atoms with E-state index in [9.17, 15) is 4.39 Å². The zero-order valence-corrected chi connectivity index (χ0v) is 22.0. The molecule has 1 saturated heterocycles. The third-order valence-electron chi connectivity index (χ3n) is 7.06. The van der Waals surface area contributed by atoms with E-state index in [1.54, 1.807) is 7.05 Å². The highest BCUT2D eigenvalue weighted by Crippen LogP contribution is 2.27.